The smallest absolute Gasteiger partial charge is 0.125 e. The largest absolute Gasteiger partial charge is 0.379 e. The van der Waals surface area contributed by atoms with Gasteiger partial charge in [-0.25, -0.2) is 4.98 Å². The Bertz CT molecular complexity index is 343. The molecule has 0 saturated carbocycles. The summed E-state index contributed by atoms with van der Waals surface area (Å²) in [6, 6.07) is 4.67. The van der Waals surface area contributed by atoms with Gasteiger partial charge in [0.1, 0.15) is 5.82 Å². The number of ether oxygens (including phenoxy) is 1. The molecule has 1 aromatic heterocycles. The zero-order valence-corrected chi connectivity index (χ0v) is 9.94. The number of hydrogen-bond donors (Lipinski definition) is 1. The van der Waals surface area contributed by atoms with E-state index in [2.05, 4.69) is 34.3 Å². The van der Waals surface area contributed by atoms with Gasteiger partial charge in [-0.3, -0.25) is 4.90 Å². The molecule has 2 heterocycles. The Morgan fingerprint density at radius 1 is 1.62 bits per heavy atom. The average Bonchev–Trinajstić information content (AvgIpc) is 2.32. The van der Waals surface area contributed by atoms with E-state index >= 15 is 0 Å². The number of hydrogen-bond acceptors (Lipinski definition) is 4. The molecule has 1 N–H and O–H groups in total. The third kappa shape index (κ3) is 2.71. The summed E-state index contributed by atoms with van der Waals surface area (Å²) in [6.07, 6.45) is 1.85. The molecule has 1 aliphatic rings. The second-order valence-corrected chi connectivity index (χ2v) is 4.19. The first-order valence-corrected chi connectivity index (χ1v) is 5.74. The SMILES string of the molecule is CNc1cc(CN2CCOCC2C)ccn1. The van der Waals surface area contributed by atoms with Gasteiger partial charge in [0, 0.05) is 32.4 Å². The van der Waals surface area contributed by atoms with E-state index in [9.17, 15) is 0 Å². The number of anilines is 1. The van der Waals surface area contributed by atoms with E-state index in [1.807, 2.05) is 13.2 Å². The van der Waals surface area contributed by atoms with Crippen molar-refractivity contribution in [2.45, 2.75) is 19.5 Å². The zero-order chi connectivity index (χ0) is 11.4. The van der Waals surface area contributed by atoms with Gasteiger partial charge in [0.25, 0.3) is 0 Å². The Hall–Kier alpha value is -1.13. The molecule has 0 aromatic carbocycles. The van der Waals surface area contributed by atoms with Crippen molar-refractivity contribution in [1.82, 2.24) is 9.88 Å². The molecule has 0 radical (unpaired) electrons. The number of rotatable bonds is 3. The molecule has 4 nitrogen and oxygen atoms in total. The van der Waals surface area contributed by atoms with E-state index in [0.717, 1.165) is 32.1 Å². The highest BCUT2D eigenvalue weighted by Crippen LogP contribution is 2.13. The highest BCUT2D eigenvalue weighted by molar-refractivity contribution is 5.36. The lowest BCUT2D eigenvalue weighted by molar-refractivity contribution is -0.00436. The Labute approximate surface area is 96.6 Å². The highest BCUT2D eigenvalue weighted by atomic mass is 16.5. The molecule has 4 heteroatoms. The van der Waals surface area contributed by atoms with Gasteiger partial charge in [-0.2, -0.15) is 0 Å². The minimum Gasteiger partial charge on any atom is -0.379 e. The molecule has 0 aliphatic carbocycles. The average molecular weight is 221 g/mol. The van der Waals surface area contributed by atoms with Crippen molar-refractivity contribution in [2.75, 3.05) is 32.1 Å². The van der Waals surface area contributed by atoms with Crippen molar-refractivity contribution >= 4 is 5.82 Å². The van der Waals surface area contributed by atoms with Gasteiger partial charge in [0.2, 0.25) is 0 Å². The Kier molecular flexibility index (Phi) is 3.74. The lowest BCUT2D eigenvalue weighted by atomic mass is 10.2. The predicted molar refractivity (Wildman–Crippen MR) is 64.5 cm³/mol. The minimum atomic E-state index is 0.500. The fraction of sp³-hybridized carbons (Fsp3) is 0.583. The van der Waals surface area contributed by atoms with E-state index < -0.39 is 0 Å². The van der Waals surface area contributed by atoms with Gasteiger partial charge in [-0.15, -0.1) is 0 Å². The molecular formula is C12H19N3O. The van der Waals surface area contributed by atoms with Gasteiger partial charge in [0.05, 0.1) is 13.2 Å². The van der Waals surface area contributed by atoms with Crippen LogP contribution >= 0.6 is 0 Å². The summed E-state index contributed by atoms with van der Waals surface area (Å²) in [5, 5.41) is 3.06. The highest BCUT2D eigenvalue weighted by Gasteiger charge is 2.18. The standard InChI is InChI=1S/C12H19N3O/c1-10-9-16-6-5-15(10)8-11-3-4-14-12(7-11)13-2/h3-4,7,10H,5-6,8-9H2,1-2H3,(H,13,14). The van der Waals surface area contributed by atoms with Crippen LogP contribution in [0.15, 0.2) is 18.3 Å². The van der Waals surface area contributed by atoms with Crippen molar-refractivity contribution in [3.63, 3.8) is 0 Å². The van der Waals surface area contributed by atoms with Crippen LogP contribution in [0.1, 0.15) is 12.5 Å². The Morgan fingerprint density at radius 2 is 2.50 bits per heavy atom. The van der Waals surface area contributed by atoms with Crippen molar-refractivity contribution in [1.29, 1.82) is 0 Å². The second-order valence-electron chi connectivity index (χ2n) is 4.19. The molecule has 1 aliphatic heterocycles. The quantitative estimate of drug-likeness (QED) is 0.836. The van der Waals surface area contributed by atoms with Crippen LogP contribution in [0.5, 0.6) is 0 Å². The first-order valence-electron chi connectivity index (χ1n) is 5.74. The van der Waals surface area contributed by atoms with E-state index in [4.69, 9.17) is 4.74 Å². The molecule has 0 bridgehead atoms. The van der Waals surface area contributed by atoms with Crippen LogP contribution in [-0.2, 0) is 11.3 Å². The van der Waals surface area contributed by atoms with Crippen LogP contribution in [0.25, 0.3) is 0 Å². The molecule has 1 fully saturated rings. The zero-order valence-electron chi connectivity index (χ0n) is 9.94. The minimum absolute atomic E-state index is 0.500. The maximum absolute atomic E-state index is 5.43. The Morgan fingerprint density at radius 3 is 3.25 bits per heavy atom. The van der Waals surface area contributed by atoms with Crippen molar-refractivity contribution in [2.24, 2.45) is 0 Å². The summed E-state index contributed by atoms with van der Waals surface area (Å²) in [4.78, 5) is 6.66. The van der Waals surface area contributed by atoms with Crippen LogP contribution in [-0.4, -0.2) is 42.7 Å². The van der Waals surface area contributed by atoms with Crippen LogP contribution < -0.4 is 5.32 Å². The number of pyridine rings is 1. The third-order valence-corrected chi connectivity index (χ3v) is 2.97. The fourth-order valence-corrected chi connectivity index (χ4v) is 1.94. The topological polar surface area (TPSA) is 37.4 Å². The summed E-state index contributed by atoms with van der Waals surface area (Å²) in [5.41, 5.74) is 1.30. The summed E-state index contributed by atoms with van der Waals surface area (Å²) in [6.45, 7) is 5.87. The van der Waals surface area contributed by atoms with Crippen molar-refractivity contribution in [3.05, 3.63) is 23.9 Å². The van der Waals surface area contributed by atoms with Gasteiger partial charge >= 0.3 is 0 Å². The van der Waals surface area contributed by atoms with E-state index in [-0.39, 0.29) is 0 Å². The van der Waals surface area contributed by atoms with Gasteiger partial charge in [-0.1, -0.05) is 0 Å². The normalized spacial score (nSPS) is 22.0. The first kappa shape index (κ1) is 11.4. The molecule has 0 amide bonds. The van der Waals surface area contributed by atoms with Crippen molar-refractivity contribution in [3.8, 4) is 0 Å². The second kappa shape index (κ2) is 5.27. The maximum atomic E-state index is 5.43. The van der Waals surface area contributed by atoms with Crippen LogP contribution in [0.3, 0.4) is 0 Å². The van der Waals surface area contributed by atoms with Crippen molar-refractivity contribution < 1.29 is 4.74 Å². The van der Waals surface area contributed by atoms with Gasteiger partial charge < -0.3 is 10.1 Å². The molecule has 2 rings (SSSR count). The lowest BCUT2D eigenvalue weighted by Gasteiger charge is -2.33. The van der Waals surface area contributed by atoms with Crippen LogP contribution in [0, 0.1) is 0 Å². The molecule has 1 saturated heterocycles. The number of aromatic nitrogens is 1. The molecule has 88 valence electrons. The summed E-state index contributed by atoms with van der Waals surface area (Å²) in [7, 11) is 1.89. The lowest BCUT2D eigenvalue weighted by Crippen LogP contribution is -2.42. The summed E-state index contributed by atoms with van der Waals surface area (Å²) in [5.74, 6) is 0.929. The number of morpholine rings is 1. The van der Waals surface area contributed by atoms with Gasteiger partial charge in [-0.05, 0) is 24.6 Å². The van der Waals surface area contributed by atoms with E-state index in [1.165, 1.54) is 5.56 Å². The fourth-order valence-electron chi connectivity index (χ4n) is 1.94. The molecule has 16 heavy (non-hydrogen) atoms. The van der Waals surface area contributed by atoms with Gasteiger partial charge in [0.15, 0.2) is 0 Å². The first-order chi connectivity index (χ1) is 7.79. The van der Waals surface area contributed by atoms with Crippen LogP contribution in [0.4, 0.5) is 5.82 Å². The summed E-state index contributed by atoms with van der Waals surface area (Å²) < 4.78 is 5.43. The number of nitrogens with one attached hydrogen (secondary N) is 1. The predicted octanol–water partition coefficient (Wildman–Crippen LogP) is 1.34. The molecule has 1 aromatic rings. The summed E-state index contributed by atoms with van der Waals surface area (Å²) >= 11 is 0. The molecule has 0 spiro atoms. The Balaban J connectivity index is 2.01. The number of nitrogens with zero attached hydrogens (tertiary/aromatic N) is 2. The van der Waals surface area contributed by atoms with Crippen LogP contribution in [0.2, 0.25) is 0 Å². The van der Waals surface area contributed by atoms with E-state index in [1.54, 1.807) is 0 Å². The molecule has 1 unspecified atom stereocenters. The maximum Gasteiger partial charge on any atom is 0.125 e. The monoisotopic (exact) mass is 221 g/mol. The third-order valence-electron chi connectivity index (χ3n) is 2.97. The van der Waals surface area contributed by atoms with E-state index in [0.29, 0.717) is 6.04 Å². The molecular weight excluding hydrogens is 202 g/mol. The molecule has 1 atom stereocenters.